The van der Waals surface area contributed by atoms with Crippen molar-refractivity contribution in [3.8, 4) is 0 Å². The largest absolute Gasteiger partial charge is 0.366 e. The third-order valence-corrected chi connectivity index (χ3v) is 5.53. The first-order valence-corrected chi connectivity index (χ1v) is 10.0. The van der Waals surface area contributed by atoms with Crippen molar-refractivity contribution in [3.05, 3.63) is 57.5 Å². The van der Waals surface area contributed by atoms with E-state index in [0.717, 1.165) is 10.2 Å². The van der Waals surface area contributed by atoms with Crippen LogP contribution in [0, 0.1) is 0 Å². The summed E-state index contributed by atoms with van der Waals surface area (Å²) in [4.78, 5) is 28.6. The van der Waals surface area contributed by atoms with Crippen LogP contribution in [0.25, 0.3) is 0 Å². The summed E-state index contributed by atoms with van der Waals surface area (Å²) in [5.41, 5.74) is 2.13. The second kappa shape index (κ2) is 8.76. The van der Waals surface area contributed by atoms with Crippen LogP contribution in [-0.2, 0) is 4.79 Å². The number of hydrogen-bond acceptors (Lipinski definition) is 3. The van der Waals surface area contributed by atoms with E-state index in [0.29, 0.717) is 48.9 Å². The van der Waals surface area contributed by atoms with Gasteiger partial charge in [0, 0.05) is 42.1 Å². The van der Waals surface area contributed by atoms with E-state index in [2.05, 4.69) is 26.1 Å². The molecule has 2 aromatic carbocycles. The molecule has 7 heteroatoms. The quantitative estimate of drug-likeness (QED) is 0.750. The summed E-state index contributed by atoms with van der Waals surface area (Å²) >= 11 is 9.58. The van der Waals surface area contributed by atoms with Crippen LogP contribution in [-0.4, -0.2) is 42.9 Å². The van der Waals surface area contributed by atoms with Gasteiger partial charge in [-0.05, 0) is 46.3 Å². The zero-order chi connectivity index (χ0) is 19.4. The Labute approximate surface area is 172 Å². The number of anilines is 2. The molecule has 1 fully saturated rings. The highest BCUT2D eigenvalue weighted by Gasteiger charge is 2.22. The number of rotatable bonds is 4. The summed E-state index contributed by atoms with van der Waals surface area (Å²) < 4.78 is 0.734. The molecule has 1 saturated heterocycles. The fourth-order valence-electron chi connectivity index (χ4n) is 3.14. The van der Waals surface area contributed by atoms with Gasteiger partial charge < -0.3 is 15.1 Å². The Morgan fingerprint density at radius 3 is 2.48 bits per heavy atom. The molecule has 0 aliphatic carbocycles. The van der Waals surface area contributed by atoms with Crippen molar-refractivity contribution in [1.29, 1.82) is 0 Å². The van der Waals surface area contributed by atoms with Gasteiger partial charge in [0.25, 0.3) is 5.91 Å². The fourth-order valence-corrected chi connectivity index (χ4v) is 3.78. The molecule has 1 heterocycles. The van der Waals surface area contributed by atoms with E-state index >= 15 is 0 Å². The van der Waals surface area contributed by atoms with E-state index < -0.39 is 0 Å². The third-order valence-electron chi connectivity index (χ3n) is 4.60. The van der Waals surface area contributed by atoms with Crippen molar-refractivity contribution in [1.82, 2.24) is 4.90 Å². The second-order valence-corrected chi connectivity index (χ2v) is 7.61. The van der Waals surface area contributed by atoms with Crippen molar-refractivity contribution in [2.24, 2.45) is 0 Å². The average molecular weight is 451 g/mol. The topological polar surface area (TPSA) is 52.7 Å². The molecule has 0 aromatic heterocycles. The van der Waals surface area contributed by atoms with Crippen LogP contribution in [0.1, 0.15) is 23.7 Å². The van der Waals surface area contributed by atoms with Crippen LogP contribution in [0.4, 0.5) is 11.4 Å². The van der Waals surface area contributed by atoms with Crippen molar-refractivity contribution in [2.45, 2.75) is 13.3 Å². The van der Waals surface area contributed by atoms with E-state index in [9.17, 15) is 9.59 Å². The standard InChI is InChI=1S/C20H21BrClN3O2/c1-2-19(26)25-11-9-24(10-12-25)18-8-7-14(22)13-17(18)23-20(27)15-5-3-4-6-16(15)21/h3-8,13H,2,9-12H2,1H3,(H,23,27). The number of hydrogen-bond donors (Lipinski definition) is 1. The number of amides is 2. The zero-order valence-electron chi connectivity index (χ0n) is 15.0. The van der Waals surface area contributed by atoms with Crippen molar-refractivity contribution in [3.63, 3.8) is 0 Å². The molecule has 0 spiro atoms. The molecular weight excluding hydrogens is 430 g/mol. The highest BCUT2D eigenvalue weighted by molar-refractivity contribution is 9.10. The molecule has 142 valence electrons. The van der Waals surface area contributed by atoms with Gasteiger partial charge in [-0.25, -0.2) is 0 Å². The van der Waals surface area contributed by atoms with Crippen molar-refractivity contribution in [2.75, 3.05) is 36.4 Å². The minimum absolute atomic E-state index is 0.174. The molecule has 0 saturated carbocycles. The van der Waals surface area contributed by atoms with Crippen LogP contribution in [0.2, 0.25) is 5.02 Å². The molecular formula is C20H21BrClN3O2. The molecule has 2 amide bonds. The molecule has 0 atom stereocenters. The lowest BCUT2D eigenvalue weighted by Gasteiger charge is -2.37. The summed E-state index contributed by atoms with van der Waals surface area (Å²) in [6.07, 6.45) is 0.522. The van der Waals surface area contributed by atoms with Crippen LogP contribution in [0.15, 0.2) is 46.9 Å². The first-order valence-electron chi connectivity index (χ1n) is 8.87. The second-order valence-electron chi connectivity index (χ2n) is 6.32. The van der Waals surface area contributed by atoms with Crippen molar-refractivity contribution < 1.29 is 9.59 Å². The molecule has 5 nitrogen and oxygen atoms in total. The Balaban J connectivity index is 1.79. The minimum atomic E-state index is -0.203. The predicted molar refractivity (Wildman–Crippen MR) is 113 cm³/mol. The average Bonchev–Trinajstić information content (AvgIpc) is 2.68. The number of carbonyl (C=O) groups excluding carboxylic acids is 2. The lowest BCUT2D eigenvalue weighted by Crippen LogP contribution is -2.48. The molecule has 0 bridgehead atoms. The first kappa shape index (κ1) is 19.7. The van der Waals surface area contributed by atoms with Gasteiger partial charge in [0.15, 0.2) is 0 Å². The van der Waals surface area contributed by atoms with Crippen LogP contribution in [0.5, 0.6) is 0 Å². The summed E-state index contributed by atoms with van der Waals surface area (Å²) in [6, 6.07) is 12.8. The van der Waals surface area contributed by atoms with Crippen LogP contribution < -0.4 is 10.2 Å². The molecule has 0 radical (unpaired) electrons. The van der Waals surface area contributed by atoms with Gasteiger partial charge in [0.2, 0.25) is 5.91 Å². The van der Waals surface area contributed by atoms with Gasteiger partial charge in [-0.2, -0.15) is 0 Å². The van der Waals surface area contributed by atoms with Gasteiger partial charge in [-0.3, -0.25) is 9.59 Å². The zero-order valence-corrected chi connectivity index (χ0v) is 17.4. The monoisotopic (exact) mass is 449 g/mol. The Morgan fingerprint density at radius 1 is 1.11 bits per heavy atom. The van der Waals surface area contributed by atoms with Gasteiger partial charge in [-0.15, -0.1) is 0 Å². The van der Waals surface area contributed by atoms with E-state index in [4.69, 9.17) is 11.6 Å². The van der Waals surface area contributed by atoms with E-state index in [-0.39, 0.29) is 11.8 Å². The maximum Gasteiger partial charge on any atom is 0.256 e. The highest BCUT2D eigenvalue weighted by Crippen LogP contribution is 2.31. The Hall–Kier alpha value is -2.05. The van der Waals surface area contributed by atoms with Crippen molar-refractivity contribution >= 4 is 50.7 Å². The fraction of sp³-hybridized carbons (Fsp3) is 0.300. The molecule has 27 heavy (non-hydrogen) atoms. The summed E-state index contributed by atoms with van der Waals surface area (Å²) in [6.45, 7) is 4.65. The summed E-state index contributed by atoms with van der Waals surface area (Å²) in [7, 11) is 0. The smallest absolute Gasteiger partial charge is 0.256 e. The van der Waals surface area contributed by atoms with Gasteiger partial charge >= 0.3 is 0 Å². The maximum absolute atomic E-state index is 12.7. The normalized spacial score (nSPS) is 14.2. The number of halogens is 2. The third kappa shape index (κ3) is 4.62. The van der Waals surface area contributed by atoms with E-state index in [1.807, 2.05) is 42.2 Å². The van der Waals surface area contributed by atoms with Gasteiger partial charge in [0.05, 0.1) is 16.9 Å². The molecule has 1 aliphatic rings. The van der Waals surface area contributed by atoms with Crippen LogP contribution in [0.3, 0.4) is 0 Å². The number of nitrogens with one attached hydrogen (secondary N) is 1. The van der Waals surface area contributed by atoms with E-state index in [1.54, 1.807) is 12.1 Å². The molecule has 0 unspecified atom stereocenters. The Morgan fingerprint density at radius 2 is 1.81 bits per heavy atom. The number of carbonyl (C=O) groups is 2. The predicted octanol–water partition coefficient (Wildman–Crippen LogP) is 4.41. The SMILES string of the molecule is CCC(=O)N1CCN(c2ccc(Cl)cc2NC(=O)c2ccccc2Br)CC1. The number of piperazine rings is 1. The minimum Gasteiger partial charge on any atom is -0.366 e. The molecule has 1 N–H and O–H groups in total. The van der Waals surface area contributed by atoms with Crippen LogP contribution >= 0.6 is 27.5 Å². The first-order chi connectivity index (χ1) is 13.0. The lowest BCUT2D eigenvalue weighted by molar-refractivity contribution is -0.131. The maximum atomic E-state index is 12.7. The molecule has 1 aliphatic heterocycles. The summed E-state index contributed by atoms with van der Waals surface area (Å²) in [5.74, 6) is -0.0287. The lowest BCUT2D eigenvalue weighted by atomic mass is 10.1. The Bertz CT molecular complexity index is 851. The molecule has 2 aromatic rings. The summed E-state index contributed by atoms with van der Waals surface area (Å²) in [5, 5.41) is 3.53. The molecule has 3 rings (SSSR count). The van der Waals surface area contributed by atoms with Gasteiger partial charge in [-0.1, -0.05) is 30.7 Å². The number of nitrogens with zero attached hydrogens (tertiary/aromatic N) is 2. The number of benzene rings is 2. The van der Waals surface area contributed by atoms with E-state index in [1.165, 1.54) is 0 Å². The Kier molecular flexibility index (Phi) is 6.39. The highest BCUT2D eigenvalue weighted by atomic mass is 79.9. The van der Waals surface area contributed by atoms with Gasteiger partial charge in [0.1, 0.15) is 0 Å².